The molecule has 0 aromatic heterocycles. The molecular weight excluding hydrogens is 278 g/mol. The van der Waals surface area contributed by atoms with Gasteiger partial charge in [0.05, 0.1) is 6.61 Å². The van der Waals surface area contributed by atoms with Gasteiger partial charge >= 0.3 is 5.97 Å². The van der Waals surface area contributed by atoms with E-state index >= 15 is 0 Å². The summed E-state index contributed by atoms with van der Waals surface area (Å²) in [5.41, 5.74) is 0.248. The molecule has 0 heterocycles. The van der Waals surface area contributed by atoms with Gasteiger partial charge in [-0.3, -0.25) is 4.79 Å². The summed E-state index contributed by atoms with van der Waals surface area (Å²) >= 11 is 5.61. The third-order valence-corrected chi connectivity index (χ3v) is 3.76. The van der Waals surface area contributed by atoms with E-state index in [-0.39, 0.29) is 29.5 Å². The average molecular weight is 302 g/mol. The van der Waals surface area contributed by atoms with Crippen LogP contribution in [0, 0.1) is 5.41 Å². The van der Waals surface area contributed by atoms with Gasteiger partial charge < -0.3 is 10.1 Å². The van der Waals surface area contributed by atoms with Crippen LogP contribution in [0.2, 0.25) is 0 Å². The molecule has 0 saturated heterocycles. The van der Waals surface area contributed by atoms with E-state index in [4.69, 9.17) is 16.3 Å². The number of allylic oxidation sites excluding steroid dienone is 1. The Morgan fingerprint density at radius 1 is 1.40 bits per heavy atom. The highest BCUT2D eigenvalue weighted by Gasteiger charge is 2.47. The van der Waals surface area contributed by atoms with Crippen molar-refractivity contribution in [2.75, 3.05) is 12.5 Å². The number of hydrogen-bond acceptors (Lipinski definition) is 3. The average Bonchev–Trinajstić information content (AvgIpc) is 2.96. The number of halogens is 1. The van der Waals surface area contributed by atoms with E-state index in [0.717, 1.165) is 19.3 Å². The van der Waals surface area contributed by atoms with Crippen molar-refractivity contribution >= 4 is 23.5 Å². The lowest BCUT2D eigenvalue weighted by molar-refractivity contribution is -0.140. The molecule has 1 saturated carbocycles. The van der Waals surface area contributed by atoms with Crippen LogP contribution in [-0.4, -0.2) is 30.4 Å². The maximum atomic E-state index is 12.2. The predicted octanol–water partition coefficient (Wildman–Crippen LogP) is 2.80. The molecule has 1 rings (SSSR count). The van der Waals surface area contributed by atoms with Crippen molar-refractivity contribution in [3.05, 3.63) is 11.6 Å². The SMILES string of the molecule is CCOC(=O)/C(=C\CCCCCl)C(=O)N[C@H]1CC1(C)C. The third-order valence-electron chi connectivity index (χ3n) is 3.49. The van der Waals surface area contributed by atoms with Gasteiger partial charge in [0.2, 0.25) is 0 Å². The predicted molar refractivity (Wildman–Crippen MR) is 79.6 cm³/mol. The maximum Gasteiger partial charge on any atom is 0.343 e. The van der Waals surface area contributed by atoms with E-state index in [2.05, 4.69) is 19.2 Å². The molecule has 1 fully saturated rings. The number of amides is 1. The van der Waals surface area contributed by atoms with Gasteiger partial charge in [0.1, 0.15) is 5.57 Å². The zero-order valence-corrected chi connectivity index (χ0v) is 13.3. The maximum absolute atomic E-state index is 12.2. The monoisotopic (exact) mass is 301 g/mol. The number of unbranched alkanes of at least 4 members (excludes halogenated alkanes) is 2. The smallest absolute Gasteiger partial charge is 0.343 e. The van der Waals surface area contributed by atoms with Crippen molar-refractivity contribution in [3.63, 3.8) is 0 Å². The van der Waals surface area contributed by atoms with Gasteiger partial charge in [-0.15, -0.1) is 11.6 Å². The first-order valence-corrected chi connectivity index (χ1v) is 7.70. The Morgan fingerprint density at radius 2 is 2.05 bits per heavy atom. The summed E-state index contributed by atoms with van der Waals surface area (Å²) in [7, 11) is 0. The molecule has 1 atom stereocenters. The molecule has 0 aliphatic heterocycles. The van der Waals surface area contributed by atoms with Gasteiger partial charge in [-0.05, 0) is 38.0 Å². The van der Waals surface area contributed by atoms with Crippen molar-refractivity contribution in [1.29, 1.82) is 0 Å². The Kier molecular flexibility index (Phi) is 6.53. The van der Waals surface area contributed by atoms with Crippen LogP contribution in [0.15, 0.2) is 11.6 Å². The molecule has 1 N–H and O–H groups in total. The number of nitrogens with one attached hydrogen (secondary N) is 1. The number of esters is 1. The van der Waals surface area contributed by atoms with Crippen molar-refractivity contribution in [3.8, 4) is 0 Å². The Hall–Kier alpha value is -1.03. The van der Waals surface area contributed by atoms with Gasteiger partial charge in [-0.25, -0.2) is 4.79 Å². The highest BCUT2D eigenvalue weighted by Crippen LogP contribution is 2.44. The molecule has 0 spiro atoms. The number of ether oxygens (including phenoxy) is 1. The van der Waals surface area contributed by atoms with Crippen LogP contribution in [0.1, 0.15) is 46.5 Å². The van der Waals surface area contributed by atoms with Gasteiger partial charge in [-0.1, -0.05) is 19.9 Å². The van der Waals surface area contributed by atoms with Crippen LogP contribution in [0.4, 0.5) is 0 Å². The Balaban J connectivity index is 2.61. The van der Waals surface area contributed by atoms with E-state index in [0.29, 0.717) is 12.3 Å². The fourth-order valence-electron chi connectivity index (χ4n) is 1.91. The molecule has 1 aliphatic carbocycles. The second-order valence-corrected chi connectivity index (χ2v) is 6.12. The molecule has 114 valence electrons. The zero-order chi connectivity index (χ0) is 15.2. The van der Waals surface area contributed by atoms with Crippen molar-refractivity contribution < 1.29 is 14.3 Å². The first kappa shape index (κ1) is 17.0. The molecule has 0 unspecified atom stereocenters. The van der Waals surface area contributed by atoms with E-state index in [1.165, 1.54) is 0 Å². The van der Waals surface area contributed by atoms with Crippen LogP contribution in [-0.2, 0) is 14.3 Å². The highest BCUT2D eigenvalue weighted by atomic mass is 35.5. The molecule has 1 aliphatic rings. The lowest BCUT2D eigenvalue weighted by atomic mass is 10.1. The van der Waals surface area contributed by atoms with Gasteiger partial charge in [0.15, 0.2) is 0 Å². The second kappa shape index (κ2) is 7.67. The molecule has 0 aromatic rings. The molecule has 20 heavy (non-hydrogen) atoms. The second-order valence-electron chi connectivity index (χ2n) is 5.74. The Morgan fingerprint density at radius 3 is 2.55 bits per heavy atom. The minimum absolute atomic E-state index is 0.115. The fraction of sp³-hybridized carbons (Fsp3) is 0.733. The van der Waals surface area contributed by atoms with Crippen molar-refractivity contribution in [1.82, 2.24) is 5.32 Å². The summed E-state index contributed by atoms with van der Waals surface area (Å²) in [6, 6.07) is 0.149. The van der Waals surface area contributed by atoms with Gasteiger partial charge in [-0.2, -0.15) is 0 Å². The quantitative estimate of drug-likeness (QED) is 0.187. The third kappa shape index (κ3) is 5.16. The first-order chi connectivity index (χ1) is 9.42. The van der Waals surface area contributed by atoms with Crippen LogP contribution in [0.5, 0.6) is 0 Å². The number of carbonyl (C=O) groups excluding carboxylic acids is 2. The zero-order valence-electron chi connectivity index (χ0n) is 12.5. The van der Waals surface area contributed by atoms with Gasteiger partial charge in [0.25, 0.3) is 5.91 Å². The lowest BCUT2D eigenvalue weighted by Gasteiger charge is -2.09. The summed E-state index contributed by atoms with van der Waals surface area (Å²) in [5.74, 6) is -0.287. The van der Waals surface area contributed by atoms with E-state index in [1.54, 1.807) is 13.0 Å². The Bertz CT molecular complexity index is 391. The first-order valence-electron chi connectivity index (χ1n) is 7.16. The number of carbonyl (C=O) groups is 2. The van der Waals surface area contributed by atoms with Crippen molar-refractivity contribution in [2.24, 2.45) is 5.41 Å². The van der Waals surface area contributed by atoms with Gasteiger partial charge in [0, 0.05) is 11.9 Å². The van der Waals surface area contributed by atoms with E-state index in [1.807, 2.05) is 0 Å². The van der Waals surface area contributed by atoms with Crippen LogP contribution < -0.4 is 5.32 Å². The largest absolute Gasteiger partial charge is 0.462 e. The molecule has 4 nitrogen and oxygen atoms in total. The number of rotatable bonds is 8. The van der Waals surface area contributed by atoms with E-state index < -0.39 is 5.97 Å². The van der Waals surface area contributed by atoms with Crippen LogP contribution >= 0.6 is 11.6 Å². The summed E-state index contributed by atoms with van der Waals surface area (Å²) in [5, 5.41) is 2.89. The number of hydrogen-bond donors (Lipinski definition) is 1. The molecule has 5 heteroatoms. The minimum Gasteiger partial charge on any atom is -0.462 e. The summed E-state index contributed by atoms with van der Waals surface area (Å²) in [6.45, 7) is 6.17. The van der Waals surface area contributed by atoms with E-state index in [9.17, 15) is 9.59 Å². The standard InChI is InChI=1S/C15H24ClNO3/c1-4-20-14(19)11(8-6-5-7-9-16)13(18)17-12-10-15(12,2)3/h8,12H,4-7,9-10H2,1-3H3,(H,17,18)/b11-8-/t12-/m0/s1. The summed E-state index contributed by atoms with van der Waals surface area (Å²) < 4.78 is 4.94. The fourth-order valence-corrected chi connectivity index (χ4v) is 2.10. The normalized spacial score (nSPS) is 20.4. The summed E-state index contributed by atoms with van der Waals surface area (Å²) in [6.07, 6.45) is 4.98. The number of alkyl halides is 1. The Labute approximate surface area is 125 Å². The molecule has 0 bridgehead atoms. The lowest BCUT2D eigenvalue weighted by Crippen LogP contribution is -2.33. The summed E-state index contributed by atoms with van der Waals surface area (Å²) in [4.78, 5) is 24.0. The van der Waals surface area contributed by atoms with Crippen molar-refractivity contribution in [2.45, 2.75) is 52.5 Å². The molecule has 0 radical (unpaired) electrons. The molecular formula is C15H24ClNO3. The molecule has 1 amide bonds. The highest BCUT2D eigenvalue weighted by molar-refractivity contribution is 6.17. The van der Waals surface area contributed by atoms with Crippen LogP contribution in [0.25, 0.3) is 0 Å². The van der Waals surface area contributed by atoms with Crippen LogP contribution in [0.3, 0.4) is 0 Å². The topological polar surface area (TPSA) is 55.4 Å². The molecule has 0 aromatic carbocycles. The minimum atomic E-state index is -0.547.